The predicted octanol–water partition coefficient (Wildman–Crippen LogP) is 5.52. The lowest BCUT2D eigenvalue weighted by Gasteiger charge is -2.28. The zero-order valence-corrected chi connectivity index (χ0v) is 18.1. The smallest absolute Gasteiger partial charge is 0.247 e. The Bertz CT molecular complexity index is 941. The van der Waals surface area contributed by atoms with Crippen molar-refractivity contribution in [2.45, 2.75) is 44.4 Å². The molecule has 0 aliphatic carbocycles. The minimum absolute atomic E-state index is 0.169. The zero-order chi connectivity index (χ0) is 21.3. The summed E-state index contributed by atoms with van der Waals surface area (Å²) in [7, 11) is 0. The molecule has 2 aromatic carbocycles. The number of para-hydroxylation sites is 1. The molecular formula is C22H27N3O4S. The number of hydrogen-bond donors (Lipinski definition) is 1. The summed E-state index contributed by atoms with van der Waals surface area (Å²) >= 11 is -2.27. The van der Waals surface area contributed by atoms with Crippen molar-refractivity contribution < 1.29 is 17.9 Å². The van der Waals surface area contributed by atoms with Crippen molar-refractivity contribution in [3.63, 3.8) is 0 Å². The van der Waals surface area contributed by atoms with Gasteiger partial charge in [0, 0.05) is 18.7 Å². The quantitative estimate of drug-likeness (QED) is 0.402. The van der Waals surface area contributed by atoms with Gasteiger partial charge in [0.1, 0.15) is 10.6 Å². The van der Waals surface area contributed by atoms with Crippen molar-refractivity contribution in [1.82, 2.24) is 10.2 Å². The second kappa shape index (κ2) is 10.9. The number of anilines is 1. The molecule has 0 aliphatic rings. The maximum Gasteiger partial charge on any atom is 0.247 e. The van der Waals surface area contributed by atoms with Gasteiger partial charge >= 0.3 is 0 Å². The minimum Gasteiger partial charge on any atom is -0.454 e. The van der Waals surface area contributed by atoms with Crippen LogP contribution < -0.4 is 9.64 Å². The molecule has 0 saturated heterocycles. The molecule has 1 unspecified atom stereocenters. The maximum atomic E-state index is 12.3. The first-order valence-electron chi connectivity index (χ1n) is 10.2. The van der Waals surface area contributed by atoms with Crippen LogP contribution in [0.2, 0.25) is 0 Å². The number of hydrogen-bond acceptors (Lipinski definition) is 6. The van der Waals surface area contributed by atoms with E-state index < -0.39 is 11.1 Å². The first kappa shape index (κ1) is 22.0. The molecule has 0 spiro atoms. The highest BCUT2D eigenvalue weighted by atomic mass is 32.2. The molecule has 0 radical (unpaired) electrons. The molecular weight excluding hydrogens is 402 g/mol. The Morgan fingerprint density at radius 2 is 1.80 bits per heavy atom. The third-order valence-corrected chi connectivity index (χ3v) is 5.38. The molecule has 1 N–H and O–H groups in total. The van der Waals surface area contributed by atoms with Crippen molar-refractivity contribution in [3.8, 4) is 23.0 Å². The topological polar surface area (TPSA) is 88.7 Å². The number of ether oxygens (including phenoxy) is 1. The second-order valence-electron chi connectivity index (χ2n) is 6.92. The monoisotopic (exact) mass is 429 g/mol. The van der Waals surface area contributed by atoms with Crippen LogP contribution in [-0.4, -0.2) is 32.0 Å². The lowest BCUT2D eigenvalue weighted by molar-refractivity contribution is 0.463. The highest BCUT2D eigenvalue weighted by Gasteiger charge is 2.23. The van der Waals surface area contributed by atoms with Crippen LogP contribution in [0.1, 0.15) is 39.5 Å². The molecule has 30 heavy (non-hydrogen) atoms. The van der Waals surface area contributed by atoms with Crippen LogP contribution in [0.5, 0.6) is 11.5 Å². The summed E-state index contributed by atoms with van der Waals surface area (Å²) in [5.74, 6) is 1.26. The van der Waals surface area contributed by atoms with E-state index in [4.69, 9.17) is 9.15 Å². The van der Waals surface area contributed by atoms with E-state index in [1.165, 1.54) is 6.39 Å². The fraction of sp³-hybridized carbons (Fsp3) is 0.364. The molecule has 0 bridgehead atoms. The van der Waals surface area contributed by atoms with E-state index in [1.807, 2.05) is 36.4 Å². The van der Waals surface area contributed by atoms with Gasteiger partial charge < -0.3 is 18.6 Å². The summed E-state index contributed by atoms with van der Waals surface area (Å²) in [6.07, 6.45) is 5.32. The van der Waals surface area contributed by atoms with Crippen molar-refractivity contribution in [2.75, 3.05) is 18.0 Å². The van der Waals surface area contributed by atoms with Gasteiger partial charge in [0.05, 0.1) is 5.69 Å². The molecule has 8 heteroatoms. The molecule has 1 atom stereocenters. The van der Waals surface area contributed by atoms with Crippen LogP contribution in [-0.2, 0) is 11.1 Å². The van der Waals surface area contributed by atoms with Crippen LogP contribution in [0.15, 0.2) is 58.2 Å². The van der Waals surface area contributed by atoms with Gasteiger partial charge in [-0.05, 0) is 37.1 Å². The third-order valence-electron chi connectivity index (χ3n) is 4.70. The van der Waals surface area contributed by atoms with Gasteiger partial charge in [0.15, 0.2) is 16.8 Å². The minimum atomic E-state index is -2.27. The van der Waals surface area contributed by atoms with E-state index in [0.29, 0.717) is 23.0 Å². The average Bonchev–Trinajstić information content (AvgIpc) is 3.30. The third kappa shape index (κ3) is 5.46. The van der Waals surface area contributed by atoms with E-state index in [1.54, 1.807) is 6.07 Å². The van der Waals surface area contributed by atoms with Gasteiger partial charge in [-0.3, -0.25) is 0 Å². The molecule has 0 saturated carbocycles. The Balaban J connectivity index is 2.16. The maximum absolute atomic E-state index is 12.3. The fourth-order valence-corrected chi connectivity index (χ4v) is 3.67. The van der Waals surface area contributed by atoms with E-state index in [0.717, 1.165) is 44.5 Å². The fourth-order valence-electron chi connectivity index (χ4n) is 3.13. The summed E-state index contributed by atoms with van der Waals surface area (Å²) in [5, 5.41) is 7.71. The highest BCUT2D eigenvalue weighted by molar-refractivity contribution is 7.79. The highest BCUT2D eigenvalue weighted by Crippen LogP contribution is 2.41. The number of nitrogens with zero attached hydrogens (tertiary/aromatic N) is 3. The summed E-state index contributed by atoms with van der Waals surface area (Å²) in [5.41, 5.74) is 1.33. The molecule has 160 valence electrons. The molecule has 1 heterocycles. The van der Waals surface area contributed by atoms with Crippen molar-refractivity contribution in [1.29, 1.82) is 0 Å². The number of aromatic nitrogens is 2. The van der Waals surface area contributed by atoms with Crippen LogP contribution in [0, 0.1) is 0 Å². The largest absolute Gasteiger partial charge is 0.454 e. The Hall–Kier alpha value is -2.71. The lowest BCUT2D eigenvalue weighted by atomic mass is 10.1. The summed E-state index contributed by atoms with van der Waals surface area (Å²) in [6, 6.07) is 12.7. The molecule has 1 aromatic heterocycles. The summed E-state index contributed by atoms with van der Waals surface area (Å²) in [4.78, 5) is 2.38. The molecule has 3 rings (SSSR count). The Morgan fingerprint density at radius 3 is 2.37 bits per heavy atom. The molecule has 3 aromatic rings. The van der Waals surface area contributed by atoms with Gasteiger partial charge in [-0.2, -0.15) is 0 Å². The number of unbranched alkanes of at least 4 members (excludes halogenated alkanes) is 2. The van der Waals surface area contributed by atoms with E-state index in [-0.39, 0.29) is 4.90 Å². The summed E-state index contributed by atoms with van der Waals surface area (Å²) in [6.45, 7) is 5.91. The lowest BCUT2D eigenvalue weighted by Crippen LogP contribution is -2.26. The predicted molar refractivity (Wildman–Crippen MR) is 117 cm³/mol. The van der Waals surface area contributed by atoms with Gasteiger partial charge in [0.2, 0.25) is 12.3 Å². The van der Waals surface area contributed by atoms with Crippen LogP contribution >= 0.6 is 0 Å². The number of rotatable bonds is 11. The van der Waals surface area contributed by atoms with E-state index >= 15 is 0 Å². The first-order valence-corrected chi connectivity index (χ1v) is 11.3. The molecule has 7 nitrogen and oxygen atoms in total. The standard InChI is InChI=1S/C22H27N3O4S/c1-3-5-12-25(13-6-4-2)19-14-17(22-24-23-16-28-22)15-20(30(26)27)21(19)29-18-10-8-7-9-11-18/h7-11,14-16H,3-6,12-13H2,1-2H3,(H,26,27). The Kier molecular flexibility index (Phi) is 7.98. The van der Waals surface area contributed by atoms with Gasteiger partial charge in [-0.1, -0.05) is 44.9 Å². The second-order valence-corrected chi connectivity index (χ2v) is 7.86. The van der Waals surface area contributed by atoms with Crippen molar-refractivity contribution in [2.24, 2.45) is 0 Å². The molecule has 0 aliphatic heterocycles. The molecule has 0 amide bonds. The van der Waals surface area contributed by atoms with Gasteiger partial charge in [-0.25, -0.2) is 4.21 Å². The first-order chi connectivity index (χ1) is 14.6. The van der Waals surface area contributed by atoms with E-state index in [9.17, 15) is 8.76 Å². The SMILES string of the molecule is CCCCN(CCCC)c1cc(-c2nnco2)cc(S(=O)O)c1Oc1ccccc1. The van der Waals surface area contributed by atoms with Crippen molar-refractivity contribution in [3.05, 3.63) is 48.9 Å². The van der Waals surface area contributed by atoms with Crippen LogP contribution in [0.4, 0.5) is 5.69 Å². The van der Waals surface area contributed by atoms with Gasteiger partial charge in [-0.15, -0.1) is 10.2 Å². The van der Waals surface area contributed by atoms with Crippen LogP contribution in [0.25, 0.3) is 11.5 Å². The van der Waals surface area contributed by atoms with Gasteiger partial charge in [0.25, 0.3) is 0 Å². The van der Waals surface area contributed by atoms with E-state index in [2.05, 4.69) is 28.9 Å². The zero-order valence-electron chi connectivity index (χ0n) is 17.3. The Morgan fingerprint density at radius 1 is 1.10 bits per heavy atom. The molecule has 0 fully saturated rings. The average molecular weight is 430 g/mol. The van der Waals surface area contributed by atoms with Crippen LogP contribution in [0.3, 0.4) is 0 Å². The summed E-state index contributed by atoms with van der Waals surface area (Å²) < 4.78 is 33.9. The van der Waals surface area contributed by atoms with Crippen molar-refractivity contribution >= 4 is 16.8 Å². The normalized spacial score (nSPS) is 12.0. The number of benzene rings is 2. The Labute approximate surface area is 179 Å².